The largest absolute Gasteiger partial charge is 0.103 e. The van der Waals surface area contributed by atoms with Crippen LogP contribution in [0, 0.1) is 17.8 Å². The van der Waals surface area contributed by atoms with Crippen LogP contribution in [0.4, 0.5) is 0 Å². The van der Waals surface area contributed by atoms with Crippen molar-refractivity contribution < 1.29 is 0 Å². The molecule has 0 saturated heterocycles. The van der Waals surface area contributed by atoms with E-state index in [9.17, 15) is 0 Å². The Kier molecular flexibility index (Phi) is 7.35. The number of rotatable bonds is 6. The number of hydrogen-bond acceptors (Lipinski definition) is 0. The highest BCUT2D eigenvalue weighted by atomic mass is 14.3. The van der Waals surface area contributed by atoms with Crippen molar-refractivity contribution >= 4 is 0 Å². The van der Waals surface area contributed by atoms with Crippen molar-refractivity contribution in [3.63, 3.8) is 0 Å². The molecular formula is C27H32. The maximum atomic E-state index is 3.78. The summed E-state index contributed by atoms with van der Waals surface area (Å²) in [4.78, 5) is 0. The zero-order valence-corrected chi connectivity index (χ0v) is 16.7. The van der Waals surface area contributed by atoms with Gasteiger partial charge < -0.3 is 0 Å². The van der Waals surface area contributed by atoms with Crippen molar-refractivity contribution in [2.75, 3.05) is 0 Å². The number of benzene rings is 2. The number of aryl methyl sites for hydroxylation is 1. The van der Waals surface area contributed by atoms with Crippen LogP contribution in [0.15, 0.2) is 61.2 Å². The predicted molar refractivity (Wildman–Crippen MR) is 117 cm³/mol. The van der Waals surface area contributed by atoms with E-state index < -0.39 is 0 Å². The molecule has 3 rings (SSSR count). The van der Waals surface area contributed by atoms with E-state index in [4.69, 9.17) is 0 Å². The maximum Gasteiger partial charge on any atom is 0.0249 e. The molecule has 0 unspecified atom stereocenters. The summed E-state index contributed by atoms with van der Waals surface area (Å²) in [6.45, 7) is 6.09. The lowest BCUT2D eigenvalue weighted by atomic mass is 9.77. The van der Waals surface area contributed by atoms with Gasteiger partial charge in [0.15, 0.2) is 0 Å². The highest BCUT2D eigenvalue weighted by molar-refractivity contribution is 5.44. The summed E-state index contributed by atoms with van der Waals surface area (Å²) in [5, 5.41) is 0. The lowest BCUT2D eigenvalue weighted by Gasteiger charge is -2.28. The average Bonchev–Trinajstić information content (AvgIpc) is 2.73. The molecule has 0 spiro atoms. The van der Waals surface area contributed by atoms with Gasteiger partial charge in [0.2, 0.25) is 0 Å². The molecule has 1 aliphatic rings. The van der Waals surface area contributed by atoms with E-state index in [2.05, 4.69) is 73.9 Å². The van der Waals surface area contributed by atoms with E-state index in [1.165, 1.54) is 49.7 Å². The van der Waals surface area contributed by atoms with Gasteiger partial charge in [-0.3, -0.25) is 0 Å². The van der Waals surface area contributed by atoms with E-state index in [1.54, 1.807) is 0 Å². The molecule has 0 amide bonds. The molecule has 1 aliphatic carbocycles. The fourth-order valence-electron chi connectivity index (χ4n) is 4.20. The molecule has 140 valence electrons. The Morgan fingerprint density at radius 2 is 1.48 bits per heavy atom. The second-order valence-electron chi connectivity index (χ2n) is 7.90. The molecule has 0 heterocycles. The summed E-state index contributed by atoms with van der Waals surface area (Å²) in [7, 11) is 0. The summed E-state index contributed by atoms with van der Waals surface area (Å²) in [6.07, 6.45) is 12.3. The third kappa shape index (κ3) is 5.86. The number of hydrogen-bond donors (Lipinski definition) is 0. The van der Waals surface area contributed by atoms with Crippen LogP contribution in [0.2, 0.25) is 0 Å². The SMILES string of the molecule is C=CCCc1ccc(C#Cc2ccc([C@H]3CC[C@H](CCC)CC3)cc2)cc1. The van der Waals surface area contributed by atoms with Gasteiger partial charge in [-0.2, -0.15) is 0 Å². The van der Waals surface area contributed by atoms with E-state index in [1.807, 2.05) is 6.08 Å². The Hall–Kier alpha value is -2.26. The third-order valence-electron chi connectivity index (χ3n) is 5.87. The van der Waals surface area contributed by atoms with Gasteiger partial charge in [0.1, 0.15) is 0 Å². The first-order valence-electron chi connectivity index (χ1n) is 10.6. The summed E-state index contributed by atoms with van der Waals surface area (Å²) in [5.74, 6) is 8.33. The number of allylic oxidation sites excluding steroid dienone is 1. The maximum absolute atomic E-state index is 3.78. The molecule has 0 bridgehead atoms. The van der Waals surface area contributed by atoms with Gasteiger partial charge in [0, 0.05) is 11.1 Å². The molecule has 0 N–H and O–H groups in total. The van der Waals surface area contributed by atoms with Crippen LogP contribution in [0.5, 0.6) is 0 Å². The molecule has 1 saturated carbocycles. The fraction of sp³-hybridized carbons (Fsp3) is 0.407. The lowest BCUT2D eigenvalue weighted by Crippen LogP contribution is -2.13. The van der Waals surface area contributed by atoms with Gasteiger partial charge in [0.05, 0.1) is 0 Å². The Morgan fingerprint density at radius 3 is 2.04 bits per heavy atom. The molecule has 0 heteroatoms. The van der Waals surface area contributed by atoms with Gasteiger partial charge in [-0.05, 0) is 85.8 Å². The Labute approximate surface area is 165 Å². The molecule has 0 radical (unpaired) electrons. The van der Waals surface area contributed by atoms with Crippen LogP contribution in [0.1, 0.15) is 80.0 Å². The van der Waals surface area contributed by atoms with Crippen LogP contribution in [0.25, 0.3) is 0 Å². The van der Waals surface area contributed by atoms with Crippen molar-refractivity contribution in [1.29, 1.82) is 0 Å². The molecule has 0 atom stereocenters. The minimum atomic E-state index is 0.753. The Morgan fingerprint density at radius 1 is 0.889 bits per heavy atom. The molecular weight excluding hydrogens is 324 g/mol. The van der Waals surface area contributed by atoms with Crippen molar-refractivity contribution in [2.45, 2.75) is 64.2 Å². The van der Waals surface area contributed by atoms with Gasteiger partial charge >= 0.3 is 0 Å². The summed E-state index contributed by atoms with van der Waals surface area (Å²) < 4.78 is 0. The molecule has 2 aromatic carbocycles. The van der Waals surface area contributed by atoms with Crippen LogP contribution in [-0.4, -0.2) is 0 Å². The van der Waals surface area contributed by atoms with Crippen molar-refractivity contribution in [3.05, 3.63) is 83.4 Å². The van der Waals surface area contributed by atoms with Crippen molar-refractivity contribution in [2.24, 2.45) is 5.92 Å². The second kappa shape index (κ2) is 10.2. The van der Waals surface area contributed by atoms with Crippen molar-refractivity contribution in [1.82, 2.24) is 0 Å². The zero-order chi connectivity index (χ0) is 18.9. The summed E-state index contributed by atoms with van der Waals surface area (Å²) >= 11 is 0. The predicted octanol–water partition coefficient (Wildman–Crippen LogP) is 7.28. The standard InChI is InChI=1S/C27H32/c1-3-5-7-23-8-10-24(11-9-23)12-13-25-16-20-27(21-17-25)26-18-14-22(6-4-2)15-19-26/h3,8-11,16-17,20-22,26H,1,4-7,14-15,18-19H2,2H3/t22-,26-. The monoisotopic (exact) mass is 356 g/mol. The zero-order valence-electron chi connectivity index (χ0n) is 16.7. The van der Waals surface area contributed by atoms with Gasteiger partial charge in [-0.15, -0.1) is 6.58 Å². The van der Waals surface area contributed by atoms with Crippen LogP contribution in [-0.2, 0) is 6.42 Å². The van der Waals surface area contributed by atoms with Crippen LogP contribution >= 0.6 is 0 Å². The van der Waals surface area contributed by atoms with E-state index >= 15 is 0 Å². The first-order valence-corrected chi connectivity index (χ1v) is 10.6. The molecule has 0 nitrogen and oxygen atoms in total. The summed E-state index contributed by atoms with van der Waals surface area (Å²) in [5.41, 5.74) is 5.03. The van der Waals surface area contributed by atoms with Crippen molar-refractivity contribution in [3.8, 4) is 11.8 Å². The smallest absolute Gasteiger partial charge is 0.0249 e. The second-order valence-corrected chi connectivity index (χ2v) is 7.90. The molecule has 0 aliphatic heterocycles. The highest BCUT2D eigenvalue weighted by Gasteiger charge is 2.21. The van der Waals surface area contributed by atoms with Gasteiger partial charge in [-0.25, -0.2) is 0 Å². The molecule has 0 aromatic heterocycles. The lowest BCUT2D eigenvalue weighted by molar-refractivity contribution is 0.308. The molecule has 1 fully saturated rings. The minimum Gasteiger partial charge on any atom is -0.103 e. The average molecular weight is 357 g/mol. The molecule has 2 aromatic rings. The van der Waals surface area contributed by atoms with E-state index in [-0.39, 0.29) is 0 Å². The van der Waals surface area contributed by atoms with E-state index in [0.717, 1.165) is 35.8 Å². The molecule has 27 heavy (non-hydrogen) atoms. The van der Waals surface area contributed by atoms with Gasteiger partial charge in [0.25, 0.3) is 0 Å². The minimum absolute atomic E-state index is 0.753. The summed E-state index contributed by atoms with van der Waals surface area (Å²) in [6, 6.07) is 17.6. The van der Waals surface area contributed by atoms with Crippen LogP contribution < -0.4 is 0 Å². The topological polar surface area (TPSA) is 0 Å². The fourth-order valence-corrected chi connectivity index (χ4v) is 4.20. The third-order valence-corrected chi connectivity index (χ3v) is 5.87. The Balaban J connectivity index is 1.57. The van der Waals surface area contributed by atoms with Gasteiger partial charge in [-0.1, -0.05) is 61.9 Å². The first-order chi connectivity index (χ1) is 13.3. The highest BCUT2D eigenvalue weighted by Crippen LogP contribution is 2.37. The van der Waals surface area contributed by atoms with E-state index in [0.29, 0.717) is 0 Å². The quantitative estimate of drug-likeness (QED) is 0.377. The Bertz CT molecular complexity index is 760. The normalized spacial score (nSPS) is 19.1. The van der Waals surface area contributed by atoms with Crippen LogP contribution in [0.3, 0.4) is 0 Å². The first kappa shape index (κ1) is 19.5.